The topological polar surface area (TPSA) is 56.2 Å². The van der Waals surface area contributed by atoms with Crippen LogP contribution in [0.3, 0.4) is 0 Å². The normalized spacial score (nSPS) is 14.6. The third-order valence-corrected chi connectivity index (χ3v) is 5.53. The number of para-hydroxylation sites is 1. The van der Waals surface area contributed by atoms with E-state index in [1.54, 1.807) is 0 Å². The molecule has 2 heterocycles. The number of nitrogens with one attached hydrogen (secondary N) is 1. The highest BCUT2D eigenvalue weighted by Crippen LogP contribution is 2.33. The number of fused-ring (bicyclic) bond motifs is 1. The second-order valence-corrected chi connectivity index (χ2v) is 7.93. The van der Waals surface area contributed by atoms with Crippen LogP contribution in [0.1, 0.15) is 28.4 Å². The molecule has 1 atom stereocenters. The van der Waals surface area contributed by atoms with Crippen molar-refractivity contribution in [2.45, 2.75) is 26.0 Å². The van der Waals surface area contributed by atoms with Gasteiger partial charge in [-0.2, -0.15) is 5.10 Å². The molecule has 1 aliphatic rings. The van der Waals surface area contributed by atoms with Gasteiger partial charge in [0.2, 0.25) is 0 Å². The van der Waals surface area contributed by atoms with E-state index in [1.807, 2.05) is 53.3 Å². The number of aromatic nitrogens is 2. The van der Waals surface area contributed by atoms with E-state index < -0.39 is 0 Å². The number of carbonyl (C=O) groups excluding carboxylic acids is 1. The van der Waals surface area contributed by atoms with Crippen molar-refractivity contribution in [1.82, 2.24) is 15.1 Å². The van der Waals surface area contributed by atoms with Crippen LogP contribution in [0.2, 0.25) is 0 Å². The third-order valence-electron chi connectivity index (χ3n) is 5.53. The van der Waals surface area contributed by atoms with Gasteiger partial charge < -0.3 is 10.1 Å². The average molecular weight is 427 g/mol. The maximum Gasteiger partial charge on any atom is 0.251 e. The first-order valence-corrected chi connectivity index (χ1v) is 10.5. The minimum Gasteiger partial charge on any atom is -0.490 e. The van der Waals surface area contributed by atoms with E-state index in [9.17, 15) is 9.18 Å². The SMILES string of the molecule is CC1Cc2cc(-c3nn(-c4ccccc4)cc3CNC(=O)c3ccc(F)cc3)ccc2O1. The van der Waals surface area contributed by atoms with Gasteiger partial charge >= 0.3 is 0 Å². The predicted octanol–water partition coefficient (Wildman–Crippen LogP) is 4.93. The van der Waals surface area contributed by atoms with Crippen molar-refractivity contribution in [1.29, 1.82) is 0 Å². The minimum absolute atomic E-state index is 0.164. The Morgan fingerprint density at radius 2 is 1.91 bits per heavy atom. The summed E-state index contributed by atoms with van der Waals surface area (Å²) in [5.74, 6) is 0.275. The van der Waals surface area contributed by atoms with E-state index in [1.165, 1.54) is 24.3 Å². The Morgan fingerprint density at radius 1 is 1.12 bits per heavy atom. The highest BCUT2D eigenvalue weighted by atomic mass is 19.1. The van der Waals surface area contributed by atoms with Gasteiger partial charge in [0.25, 0.3) is 5.91 Å². The second-order valence-electron chi connectivity index (χ2n) is 7.93. The minimum atomic E-state index is -0.372. The number of halogens is 1. The number of nitrogens with zero attached hydrogens (tertiary/aromatic N) is 2. The summed E-state index contributed by atoms with van der Waals surface area (Å²) in [6.07, 6.45) is 2.96. The fourth-order valence-corrected chi connectivity index (χ4v) is 3.94. The van der Waals surface area contributed by atoms with Crippen molar-refractivity contribution in [2.24, 2.45) is 0 Å². The number of rotatable bonds is 5. The molecule has 4 aromatic rings. The molecule has 0 saturated carbocycles. The van der Waals surface area contributed by atoms with Gasteiger partial charge in [0.15, 0.2) is 0 Å². The quantitative estimate of drug-likeness (QED) is 0.491. The lowest BCUT2D eigenvalue weighted by Crippen LogP contribution is -2.22. The smallest absolute Gasteiger partial charge is 0.251 e. The van der Waals surface area contributed by atoms with Gasteiger partial charge in [-0.3, -0.25) is 4.79 Å². The molecule has 0 saturated heterocycles. The van der Waals surface area contributed by atoms with Gasteiger partial charge in [-0.25, -0.2) is 9.07 Å². The molecule has 1 aromatic heterocycles. The Labute approximate surface area is 185 Å². The van der Waals surface area contributed by atoms with E-state index in [2.05, 4.69) is 18.3 Å². The molecule has 32 heavy (non-hydrogen) atoms. The summed E-state index contributed by atoms with van der Waals surface area (Å²) in [6.45, 7) is 2.35. The first-order chi connectivity index (χ1) is 15.6. The molecule has 1 N–H and O–H groups in total. The molecule has 3 aromatic carbocycles. The van der Waals surface area contributed by atoms with E-state index in [0.717, 1.165) is 40.2 Å². The zero-order valence-electron chi connectivity index (χ0n) is 17.6. The molecule has 1 unspecified atom stereocenters. The maximum atomic E-state index is 13.2. The third kappa shape index (κ3) is 3.99. The fraction of sp³-hybridized carbons (Fsp3) is 0.154. The molecular formula is C26H22FN3O2. The zero-order valence-corrected chi connectivity index (χ0v) is 17.6. The van der Waals surface area contributed by atoms with Crippen molar-refractivity contribution in [3.63, 3.8) is 0 Å². The largest absolute Gasteiger partial charge is 0.490 e. The lowest BCUT2D eigenvalue weighted by atomic mass is 10.0. The molecule has 1 amide bonds. The Bertz CT molecular complexity index is 1270. The van der Waals surface area contributed by atoms with Crippen molar-refractivity contribution >= 4 is 5.91 Å². The standard InChI is InChI=1S/C26H22FN3O2/c1-17-13-20-14-19(9-12-24(20)32-17)25-21(16-30(29-25)23-5-3-2-4-6-23)15-28-26(31)18-7-10-22(27)11-8-18/h2-12,14,16-17H,13,15H2,1H3,(H,28,31). The number of hydrogen-bond acceptors (Lipinski definition) is 3. The fourth-order valence-electron chi connectivity index (χ4n) is 3.94. The summed E-state index contributed by atoms with van der Waals surface area (Å²) in [5, 5.41) is 7.76. The van der Waals surface area contributed by atoms with Crippen LogP contribution in [-0.2, 0) is 13.0 Å². The summed E-state index contributed by atoms with van der Waals surface area (Å²) >= 11 is 0. The van der Waals surface area contributed by atoms with Gasteiger partial charge in [0.05, 0.1) is 11.4 Å². The van der Waals surface area contributed by atoms with Gasteiger partial charge in [-0.05, 0) is 67.1 Å². The number of benzene rings is 3. The monoisotopic (exact) mass is 427 g/mol. The molecule has 0 spiro atoms. The van der Waals surface area contributed by atoms with Crippen LogP contribution in [0, 0.1) is 5.82 Å². The molecule has 5 rings (SSSR count). The van der Waals surface area contributed by atoms with E-state index in [-0.39, 0.29) is 17.8 Å². The number of carbonyl (C=O) groups is 1. The van der Waals surface area contributed by atoms with Gasteiger partial charge in [-0.1, -0.05) is 18.2 Å². The van der Waals surface area contributed by atoms with Crippen molar-refractivity contribution in [2.75, 3.05) is 0 Å². The summed E-state index contributed by atoms with van der Waals surface area (Å²) in [5.41, 5.74) is 5.16. The van der Waals surface area contributed by atoms with Crippen LogP contribution in [-0.4, -0.2) is 21.8 Å². The van der Waals surface area contributed by atoms with Crippen LogP contribution in [0.25, 0.3) is 16.9 Å². The van der Waals surface area contributed by atoms with Crippen LogP contribution in [0.5, 0.6) is 5.75 Å². The molecule has 6 heteroatoms. The van der Waals surface area contributed by atoms with Crippen LogP contribution in [0.15, 0.2) is 79.0 Å². The first-order valence-electron chi connectivity index (χ1n) is 10.5. The summed E-state index contributed by atoms with van der Waals surface area (Å²) in [4.78, 5) is 12.6. The Morgan fingerprint density at radius 3 is 2.69 bits per heavy atom. The van der Waals surface area contributed by atoms with E-state index in [0.29, 0.717) is 12.1 Å². The Balaban J connectivity index is 1.47. The van der Waals surface area contributed by atoms with Crippen molar-refractivity contribution < 1.29 is 13.9 Å². The van der Waals surface area contributed by atoms with Gasteiger partial charge in [-0.15, -0.1) is 0 Å². The number of amides is 1. The van der Waals surface area contributed by atoms with Crippen LogP contribution in [0.4, 0.5) is 4.39 Å². The summed E-state index contributed by atoms with van der Waals surface area (Å²) < 4.78 is 20.8. The summed E-state index contributed by atoms with van der Waals surface area (Å²) in [6, 6.07) is 21.4. The van der Waals surface area contributed by atoms with Crippen molar-refractivity contribution in [3.05, 3.63) is 102 Å². The van der Waals surface area contributed by atoms with Gasteiger partial charge in [0, 0.05) is 35.9 Å². The van der Waals surface area contributed by atoms with E-state index in [4.69, 9.17) is 9.84 Å². The molecule has 0 bridgehead atoms. The second kappa shape index (κ2) is 8.30. The van der Waals surface area contributed by atoms with Crippen LogP contribution < -0.4 is 10.1 Å². The number of ether oxygens (including phenoxy) is 1. The van der Waals surface area contributed by atoms with Gasteiger partial charge in [0.1, 0.15) is 17.7 Å². The van der Waals surface area contributed by atoms with Crippen molar-refractivity contribution in [3.8, 4) is 22.7 Å². The Hall–Kier alpha value is -3.93. The zero-order chi connectivity index (χ0) is 22.1. The lowest BCUT2D eigenvalue weighted by molar-refractivity contribution is 0.0951. The molecule has 0 aliphatic carbocycles. The Kier molecular flexibility index (Phi) is 5.19. The lowest BCUT2D eigenvalue weighted by Gasteiger charge is -2.07. The molecular weight excluding hydrogens is 405 g/mol. The predicted molar refractivity (Wildman–Crippen MR) is 120 cm³/mol. The van der Waals surface area contributed by atoms with Crippen LogP contribution >= 0.6 is 0 Å². The average Bonchev–Trinajstić information content (AvgIpc) is 3.40. The molecule has 0 radical (unpaired) electrons. The molecule has 0 fully saturated rings. The maximum absolute atomic E-state index is 13.2. The molecule has 160 valence electrons. The summed E-state index contributed by atoms with van der Waals surface area (Å²) in [7, 11) is 0. The highest BCUT2D eigenvalue weighted by molar-refractivity contribution is 5.94. The first kappa shape index (κ1) is 20.0. The number of hydrogen-bond donors (Lipinski definition) is 1. The molecule has 5 nitrogen and oxygen atoms in total. The molecule has 1 aliphatic heterocycles. The van der Waals surface area contributed by atoms with E-state index >= 15 is 0 Å². The highest BCUT2D eigenvalue weighted by Gasteiger charge is 2.21.